The van der Waals surface area contributed by atoms with Gasteiger partial charge in [0.25, 0.3) is 6.33 Å². The van der Waals surface area contributed by atoms with E-state index in [1.54, 1.807) is 0 Å². The second kappa shape index (κ2) is 19.3. The summed E-state index contributed by atoms with van der Waals surface area (Å²) >= 11 is 0. The van der Waals surface area contributed by atoms with Crippen LogP contribution in [0.25, 0.3) is 50.1 Å². The van der Waals surface area contributed by atoms with Gasteiger partial charge < -0.3 is 4.74 Å². The van der Waals surface area contributed by atoms with Crippen molar-refractivity contribution in [1.29, 1.82) is 0 Å². The van der Waals surface area contributed by atoms with Gasteiger partial charge in [0.2, 0.25) is 0 Å². The zero-order valence-corrected chi connectivity index (χ0v) is 46.7. The molecular weight excluding hydrogens is 913 g/mol. The predicted molar refractivity (Wildman–Crippen MR) is 313 cm³/mol. The van der Waals surface area contributed by atoms with Crippen molar-refractivity contribution >= 4 is 21.8 Å². The Morgan fingerprint density at radius 3 is 1.68 bits per heavy atom. The number of hydrogen-bond acceptors (Lipinski definition) is 2. The smallest absolute Gasteiger partial charge is 0.269 e. The maximum Gasteiger partial charge on any atom is 0.269 e. The minimum atomic E-state index is -0.276. The molecule has 0 fully saturated rings. The molecule has 75 heavy (non-hydrogen) atoms. The first-order valence-electron chi connectivity index (χ1n) is 26.9. The Hall–Kier alpha value is -7.50. The lowest BCUT2D eigenvalue weighted by molar-refractivity contribution is -0.611. The molecule has 0 aliphatic rings. The number of para-hydroxylation sites is 1. The monoisotopic (exact) mass is 987 g/mol. The second-order valence-corrected chi connectivity index (χ2v) is 24.4. The van der Waals surface area contributed by atoms with Gasteiger partial charge in [-0.1, -0.05) is 206 Å². The summed E-state index contributed by atoms with van der Waals surface area (Å²) in [6, 6.07) is 63.8. The molecule has 10 aromatic rings. The fourth-order valence-corrected chi connectivity index (χ4v) is 11.4. The quantitative estimate of drug-likeness (QED) is 0.0903. The Balaban J connectivity index is 1.18. The van der Waals surface area contributed by atoms with Crippen molar-refractivity contribution in [3.8, 4) is 39.8 Å². The van der Waals surface area contributed by atoms with Crippen LogP contribution in [0.1, 0.15) is 154 Å². The summed E-state index contributed by atoms with van der Waals surface area (Å²) in [6.45, 7) is 32.4. The van der Waals surface area contributed by atoms with Crippen LogP contribution < -0.4 is 9.30 Å². The fourth-order valence-electron chi connectivity index (χ4n) is 11.4. The SMILES string of the molecule is CC(C)c1cccc(C(C)C)c1-c1cc(Oc2ccc3c4ccccc4n(-c4cc(C(C)(C)c5ccccc5)ccn4)c3c2)cc(-n2[c-][n+](-c3cccc(C(C)(C)c4ccccc4)c3)c(C(C)(C)C)c2C(C)(C)C)c1. The molecule has 0 bridgehead atoms. The number of benzene rings is 7. The summed E-state index contributed by atoms with van der Waals surface area (Å²) in [5, 5.41) is 2.31. The number of pyridine rings is 1. The van der Waals surface area contributed by atoms with E-state index in [0.29, 0.717) is 11.8 Å². The third-order valence-electron chi connectivity index (χ3n) is 15.5. The molecule has 0 radical (unpaired) electrons. The van der Waals surface area contributed by atoms with Crippen LogP contribution in [-0.4, -0.2) is 14.1 Å². The summed E-state index contributed by atoms with van der Waals surface area (Å²) in [5.41, 5.74) is 15.6. The number of aromatic nitrogens is 4. The zero-order chi connectivity index (χ0) is 53.2. The molecule has 0 amide bonds. The molecule has 7 aromatic carbocycles. The molecule has 10 rings (SSSR count). The van der Waals surface area contributed by atoms with Crippen molar-refractivity contribution in [2.24, 2.45) is 0 Å². The van der Waals surface area contributed by atoms with Crippen molar-refractivity contribution < 1.29 is 9.30 Å². The van der Waals surface area contributed by atoms with E-state index in [2.05, 4.69) is 293 Å². The number of ether oxygens (including phenoxy) is 1. The molecule has 5 nitrogen and oxygen atoms in total. The summed E-state index contributed by atoms with van der Waals surface area (Å²) < 4.78 is 14.2. The first-order valence-corrected chi connectivity index (χ1v) is 26.9. The highest BCUT2D eigenvalue weighted by molar-refractivity contribution is 6.09. The molecule has 0 saturated carbocycles. The molecule has 0 atom stereocenters. The lowest BCUT2D eigenvalue weighted by Gasteiger charge is -2.30. The summed E-state index contributed by atoms with van der Waals surface area (Å²) in [5.74, 6) is 2.96. The topological polar surface area (TPSA) is 35.9 Å². The second-order valence-electron chi connectivity index (χ2n) is 24.4. The van der Waals surface area contributed by atoms with Crippen molar-refractivity contribution in [3.05, 3.63) is 233 Å². The summed E-state index contributed by atoms with van der Waals surface area (Å²) in [7, 11) is 0. The number of fused-ring (bicyclic) bond motifs is 3. The van der Waals surface area contributed by atoms with Crippen molar-refractivity contribution in [1.82, 2.24) is 14.1 Å². The van der Waals surface area contributed by atoms with Crippen LogP contribution in [0.4, 0.5) is 0 Å². The van der Waals surface area contributed by atoms with Gasteiger partial charge in [0.05, 0.1) is 33.8 Å². The highest BCUT2D eigenvalue weighted by Crippen LogP contribution is 2.43. The lowest BCUT2D eigenvalue weighted by atomic mass is 9.78. The molecule has 0 aliphatic heterocycles. The minimum Gasteiger partial charge on any atom is -0.458 e. The van der Waals surface area contributed by atoms with Crippen LogP contribution in [0.5, 0.6) is 11.5 Å². The van der Waals surface area contributed by atoms with Crippen molar-refractivity contribution in [2.45, 2.75) is 130 Å². The van der Waals surface area contributed by atoms with Gasteiger partial charge in [0.15, 0.2) is 0 Å². The van der Waals surface area contributed by atoms with Crippen molar-refractivity contribution in [2.75, 3.05) is 0 Å². The summed E-state index contributed by atoms with van der Waals surface area (Å²) in [6.07, 6.45) is 5.97. The normalized spacial score (nSPS) is 12.6. The van der Waals surface area contributed by atoms with Gasteiger partial charge in [-0.2, -0.15) is 0 Å². The van der Waals surface area contributed by atoms with Crippen molar-refractivity contribution in [3.63, 3.8) is 0 Å². The van der Waals surface area contributed by atoms with Gasteiger partial charge in [-0.15, -0.1) is 0 Å². The molecule has 0 unspecified atom stereocenters. The molecule has 0 aliphatic carbocycles. The number of nitrogens with zero attached hydrogens (tertiary/aromatic N) is 4. The Morgan fingerprint density at radius 2 is 1.07 bits per heavy atom. The third-order valence-corrected chi connectivity index (χ3v) is 15.5. The van der Waals surface area contributed by atoms with E-state index in [0.717, 1.165) is 50.7 Å². The molecule has 3 aromatic heterocycles. The minimum absolute atomic E-state index is 0.217. The van der Waals surface area contributed by atoms with Crippen LogP contribution in [0.2, 0.25) is 0 Å². The molecule has 0 N–H and O–H groups in total. The molecule has 0 saturated heterocycles. The maximum atomic E-state index is 7.28. The first kappa shape index (κ1) is 51.0. The van der Waals surface area contributed by atoms with E-state index in [1.165, 1.54) is 55.7 Å². The van der Waals surface area contributed by atoms with E-state index in [1.807, 2.05) is 6.20 Å². The van der Waals surface area contributed by atoms with E-state index in [-0.39, 0.29) is 21.7 Å². The molecule has 3 heterocycles. The number of rotatable bonds is 12. The van der Waals surface area contributed by atoms with Gasteiger partial charge in [-0.25, -0.2) is 4.98 Å². The third kappa shape index (κ3) is 9.52. The molecular formula is C70H74N4O. The Labute approximate surface area is 446 Å². The van der Waals surface area contributed by atoms with E-state index in [9.17, 15) is 0 Å². The van der Waals surface area contributed by atoms with Crippen LogP contribution in [0.15, 0.2) is 182 Å². The molecule has 0 spiro atoms. The molecule has 380 valence electrons. The van der Waals surface area contributed by atoms with Crippen LogP contribution in [-0.2, 0) is 21.7 Å². The maximum absolute atomic E-state index is 7.28. The molecule has 5 heteroatoms. The Bertz CT molecular complexity index is 3680. The van der Waals surface area contributed by atoms with Gasteiger partial charge in [0.1, 0.15) is 17.3 Å². The highest BCUT2D eigenvalue weighted by atomic mass is 16.5. The van der Waals surface area contributed by atoms with E-state index >= 15 is 0 Å². The van der Waals surface area contributed by atoms with Gasteiger partial charge in [-0.3, -0.25) is 13.7 Å². The van der Waals surface area contributed by atoms with Gasteiger partial charge in [-0.05, 0) is 128 Å². The van der Waals surface area contributed by atoms with E-state index < -0.39 is 0 Å². The Morgan fingerprint density at radius 1 is 0.493 bits per heavy atom. The zero-order valence-electron chi connectivity index (χ0n) is 46.7. The number of imidazole rings is 1. The van der Waals surface area contributed by atoms with Crippen LogP contribution >= 0.6 is 0 Å². The summed E-state index contributed by atoms with van der Waals surface area (Å²) in [4.78, 5) is 5.06. The van der Waals surface area contributed by atoms with E-state index in [4.69, 9.17) is 9.72 Å². The largest absolute Gasteiger partial charge is 0.458 e. The standard InChI is InChI=1S/C70H74N4O/c1-46(2)57-32-24-33-58(47(3)4)64(57)48-39-54(73-45-72(65(67(5,6)7)66(73)68(8,9)10)53-30-23-29-51(41-53)69(11,12)49-25-17-15-18-26-49)43-56(40-48)75-55-35-36-60-59-31-21-22-34-61(59)74(62(60)44-55)63-42-52(37-38-71-63)70(13,14)50-27-19-16-20-28-50/h15-44,46-47H,1-14H3. The van der Waals surface area contributed by atoms with Crippen LogP contribution in [0.3, 0.4) is 0 Å². The average Bonchev–Trinajstić information content (AvgIpc) is 3.99. The fraction of sp³-hybridized carbons (Fsp3) is 0.286. The first-order chi connectivity index (χ1) is 35.6. The Kier molecular flexibility index (Phi) is 13.1. The average molecular weight is 987 g/mol. The number of hydrogen-bond donors (Lipinski definition) is 0. The predicted octanol–water partition coefficient (Wildman–Crippen LogP) is 18.0. The van der Waals surface area contributed by atoms with Gasteiger partial charge >= 0.3 is 0 Å². The lowest BCUT2D eigenvalue weighted by Crippen LogP contribution is -2.41. The van der Waals surface area contributed by atoms with Crippen LogP contribution in [0, 0.1) is 6.33 Å². The van der Waals surface area contributed by atoms with Gasteiger partial charge in [0, 0.05) is 33.9 Å². The highest BCUT2D eigenvalue weighted by Gasteiger charge is 2.35.